The van der Waals surface area contributed by atoms with E-state index in [0.29, 0.717) is 16.5 Å². The van der Waals surface area contributed by atoms with Crippen LogP contribution in [-0.4, -0.2) is 10.9 Å². The number of nitrogens with two attached hydrogens (primary N) is 1. The molecule has 3 N–H and O–H groups in total. The third kappa shape index (κ3) is 3.88. The van der Waals surface area contributed by atoms with Crippen molar-refractivity contribution in [2.45, 2.75) is 59.3 Å². The molecule has 0 fully saturated rings. The van der Waals surface area contributed by atoms with Gasteiger partial charge in [-0.1, -0.05) is 50.2 Å². The fraction of sp³-hybridized carbons (Fsp3) is 0.310. The third-order valence-corrected chi connectivity index (χ3v) is 8.18. The lowest BCUT2D eigenvalue weighted by Gasteiger charge is -2.20. The van der Waals surface area contributed by atoms with Gasteiger partial charge in [0.1, 0.15) is 9.71 Å². The SMILES string of the molecule is Cc1cccc(NC(=O)c2sc3nc4c(c(-c5ccc(C(C)C)cc5)c3c2N)CCCC4)c1C. The van der Waals surface area contributed by atoms with Gasteiger partial charge in [-0.2, -0.15) is 0 Å². The van der Waals surface area contributed by atoms with E-state index in [2.05, 4.69) is 43.4 Å². The number of fused-ring (bicyclic) bond motifs is 2. The summed E-state index contributed by atoms with van der Waals surface area (Å²) in [7, 11) is 0. The summed E-state index contributed by atoms with van der Waals surface area (Å²) in [6.07, 6.45) is 4.28. The van der Waals surface area contributed by atoms with E-state index in [1.807, 2.05) is 32.0 Å². The number of rotatable bonds is 4. The van der Waals surface area contributed by atoms with Crippen LogP contribution in [0.3, 0.4) is 0 Å². The number of aromatic nitrogens is 1. The molecule has 34 heavy (non-hydrogen) atoms. The van der Waals surface area contributed by atoms with Crippen LogP contribution in [0.4, 0.5) is 11.4 Å². The molecule has 4 nitrogen and oxygen atoms in total. The highest BCUT2D eigenvalue weighted by atomic mass is 32.1. The van der Waals surface area contributed by atoms with Crippen molar-refractivity contribution in [3.8, 4) is 11.1 Å². The van der Waals surface area contributed by atoms with Crippen molar-refractivity contribution in [1.82, 2.24) is 4.98 Å². The van der Waals surface area contributed by atoms with E-state index in [4.69, 9.17) is 10.7 Å². The highest BCUT2D eigenvalue weighted by Crippen LogP contribution is 2.44. The summed E-state index contributed by atoms with van der Waals surface area (Å²) in [5.74, 6) is 0.306. The van der Waals surface area contributed by atoms with Crippen molar-refractivity contribution in [2.75, 3.05) is 11.1 Å². The zero-order valence-electron chi connectivity index (χ0n) is 20.3. The molecule has 0 unspecified atom stereocenters. The lowest BCUT2D eigenvalue weighted by Crippen LogP contribution is -2.13. The van der Waals surface area contributed by atoms with Gasteiger partial charge in [0.15, 0.2) is 0 Å². The highest BCUT2D eigenvalue weighted by molar-refractivity contribution is 7.21. The third-order valence-electron chi connectivity index (χ3n) is 7.08. The van der Waals surface area contributed by atoms with Gasteiger partial charge in [0.25, 0.3) is 5.91 Å². The van der Waals surface area contributed by atoms with Crippen LogP contribution in [0.5, 0.6) is 0 Å². The Kier molecular flexibility index (Phi) is 5.90. The van der Waals surface area contributed by atoms with Crippen LogP contribution in [0, 0.1) is 13.8 Å². The topological polar surface area (TPSA) is 68.0 Å². The number of nitrogen functional groups attached to an aromatic ring is 1. The Hall–Kier alpha value is -3.18. The second-order valence-electron chi connectivity index (χ2n) is 9.62. The summed E-state index contributed by atoms with van der Waals surface area (Å²) in [6.45, 7) is 8.48. The molecule has 5 rings (SSSR count). The Morgan fingerprint density at radius 2 is 1.79 bits per heavy atom. The quantitative estimate of drug-likeness (QED) is 0.327. The number of pyridine rings is 1. The van der Waals surface area contributed by atoms with Crippen LogP contribution in [-0.2, 0) is 12.8 Å². The molecule has 1 amide bonds. The maximum atomic E-state index is 13.3. The lowest BCUT2D eigenvalue weighted by atomic mass is 9.87. The fourth-order valence-corrected chi connectivity index (χ4v) is 5.91. The van der Waals surface area contributed by atoms with E-state index >= 15 is 0 Å². The Labute approximate surface area is 205 Å². The van der Waals surface area contributed by atoms with Crippen LogP contribution >= 0.6 is 11.3 Å². The van der Waals surface area contributed by atoms with E-state index in [1.165, 1.54) is 22.5 Å². The van der Waals surface area contributed by atoms with Gasteiger partial charge in [-0.15, -0.1) is 11.3 Å². The first-order chi connectivity index (χ1) is 16.3. The molecular weight excluding hydrogens is 438 g/mol. The Morgan fingerprint density at radius 3 is 2.53 bits per heavy atom. The average molecular weight is 470 g/mol. The Bertz CT molecular complexity index is 1400. The molecular formula is C29H31N3OS. The van der Waals surface area contributed by atoms with Gasteiger partial charge in [0.05, 0.1) is 5.69 Å². The maximum absolute atomic E-state index is 13.3. The minimum Gasteiger partial charge on any atom is -0.397 e. The number of anilines is 2. The summed E-state index contributed by atoms with van der Waals surface area (Å²) in [6, 6.07) is 14.8. The van der Waals surface area contributed by atoms with Crippen molar-refractivity contribution >= 4 is 38.8 Å². The molecule has 1 aliphatic carbocycles. The number of thiophene rings is 1. The summed E-state index contributed by atoms with van der Waals surface area (Å²) in [5.41, 5.74) is 16.4. The molecule has 0 saturated carbocycles. The van der Waals surface area contributed by atoms with Gasteiger partial charge in [0, 0.05) is 16.8 Å². The Morgan fingerprint density at radius 1 is 1.06 bits per heavy atom. The Balaban J connectivity index is 1.65. The predicted molar refractivity (Wildman–Crippen MR) is 144 cm³/mol. The summed E-state index contributed by atoms with van der Waals surface area (Å²) < 4.78 is 0. The van der Waals surface area contributed by atoms with Crippen LogP contribution < -0.4 is 11.1 Å². The monoisotopic (exact) mass is 469 g/mol. The molecule has 2 aromatic carbocycles. The molecule has 0 atom stereocenters. The number of benzene rings is 2. The van der Waals surface area contributed by atoms with Crippen molar-refractivity contribution in [1.29, 1.82) is 0 Å². The first-order valence-electron chi connectivity index (χ1n) is 12.1. The standard InChI is InChI=1S/C29H31N3OS/c1-16(2)19-12-14-20(15-13-19)24-21-9-5-6-10-23(21)32-29-25(24)26(30)27(34-29)28(33)31-22-11-7-8-17(3)18(22)4/h7-8,11-16H,5-6,9-10,30H2,1-4H3,(H,31,33). The second-order valence-corrected chi connectivity index (χ2v) is 10.6. The van der Waals surface area contributed by atoms with Gasteiger partial charge in [-0.25, -0.2) is 4.98 Å². The molecule has 174 valence electrons. The van der Waals surface area contributed by atoms with Gasteiger partial charge >= 0.3 is 0 Å². The van der Waals surface area contributed by atoms with Crippen LogP contribution in [0.15, 0.2) is 42.5 Å². The maximum Gasteiger partial charge on any atom is 0.267 e. The first kappa shape index (κ1) is 22.6. The normalized spacial score (nSPS) is 13.3. The molecule has 0 saturated heterocycles. The van der Waals surface area contributed by atoms with Gasteiger partial charge < -0.3 is 11.1 Å². The van der Waals surface area contributed by atoms with Crippen molar-refractivity contribution in [3.63, 3.8) is 0 Å². The van der Waals surface area contributed by atoms with Gasteiger partial charge in [-0.05, 0) is 84.9 Å². The number of aryl methyl sites for hydroxylation is 2. The number of carbonyl (C=O) groups excluding carboxylic acids is 1. The zero-order chi connectivity index (χ0) is 24.0. The zero-order valence-corrected chi connectivity index (χ0v) is 21.1. The summed E-state index contributed by atoms with van der Waals surface area (Å²) in [4.78, 5) is 19.7. The van der Waals surface area contributed by atoms with Gasteiger partial charge in [0.2, 0.25) is 0 Å². The summed E-state index contributed by atoms with van der Waals surface area (Å²) >= 11 is 1.40. The van der Waals surface area contributed by atoms with Crippen LogP contribution in [0.25, 0.3) is 21.3 Å². The number of carbonyl (C=O) groups is 1. The number of amides is 1. The average Bonchev–Trinajstić information content (AvgIpc) is 3.16. The second kappa shape index (κ2) is 8.88. The largest absolute Gasteiger partial charge is 0.397 e. The summed E-state index contributed by atoms with van der Waals surface area (Å²) in [5, 5.41) is 4.01. The highest BCUT2D eigenvalue weighted by Gasteiger charge is 2.26. The van der Waals surface area contributed by atoms with E-state index in [1.54, 1.807) is 0 Å². The number of nitrogens with zero attached hydrogens (tertiary/aromatic N) is 1. The molecule has 4 aromatic rings. The fourth-order valence-electron chi connectivity index (χ4n) is 4.89. The number of nitrogens with one attached hydrogen (secondary N) is 1. The van der Waals surface area contributed by atoms with Crippen molar-refractivity contribution in [2.24, 2.45) is 0 Å². The van der Waals surface area contributed by atoms with E-state index < -0.39 is 0 Å². The first-order valence-corrected chi connectivity index (χ1v) is 12.9. The molecule has 1 aliphatic rings. The molecule has 2 heterocycles. The molecule has 5 heteroatoms. The van der Waals surface area contributed by atoms with Gasteiger partial charge in [-0.3, -0.25) is 4.79 Å². The minimum atomic E-state index is -0.173. The molecule has 0 aliphatic heterocycles. The molecule has 0 radical (unpaired) electrons. The van der Waals surface area contributed by atoms with Crippen molar-refractivity contribution in [3.05, 3.63) is 75.3 Å². The minimum absolute atomic E-state index is 0.173. The van der Waals surface area contributed by atoms with Crippen molar-refractivity contribution < 1.29 is 4.79 Å². The molecule has 2 aromatic heterocycles. The van der Waals surface area contributed by atoms with E-state index in [0.717, 1.165) is 69.5 Å². The van der Waals surface area contributed by atoms with E-state index in [-0.39, 0.29) is 5.91 Å². The predicted octanol–water partition coefficient (Wildman–Crippen LogP) is 7.42. The smallest absolute Gasteiger partial charge is 0.267 e. The lowest BCUT2D eigenvalue weighted by molar-refractivity contribution is 0.103. The number of hydrogen-bond acceptors (Lipinski definition) is 4. The van der Waals surface area contributed by atoms with Crippen LogP contribution in [0.1, 0.15) is 70.2 Å². The van der Waals surface area contributed by atoms with E-state index in [9.17, 15) is 4.79 Å². The molecule has 0 bridgehead atoms. The number of hydrogen-bond donors (Lipinski definition) is 2. The molecule has 0 spiro atoms. The van der Waals surface area contributed by atoms with Crippen LogP contribution in [0.2, 0.25) is 0 Å².